The molecule has 0 radical (unpaired) electrons. The zero-order valence-corrected chi connectivity index (χ0v) is 20.1. The Hall–Kier alpha value is -3.86. The molecule has 34 heavy (non-hydrogen) atoms. The van der Waals surface area contributed by atoms with Gasteiger partial charge in [-0.1, -0.05) is 63.2 Å². The number of amides is 1. The molecule has 0 bridgehead atoms. The van der Waals surface area contributed by atoms with Crippen LogP contribution >= 0.6 is 0 Å². The van der Waals surface area contributed by atoms with E-state index in [2.05, 4.69) is 20.8 Å². The summed E-state index contributed by atoms with van der Waals surface area (Å²) >= 11 is 0. The van der Waals surface area contributed by atoms with E-state index in [1.807, 2.05) is 61.5 Å². The third kappa shape index (κ3) is 4.10. The highest BCUT2D eigenvalue weighted by atomic mass is 16.5. The lowest BCUT2D eigenvalue weighted by molar-refractivity contribution is -0.132. The normalized spacial score (nSPS) is 17.8. The average molecular weight is 456 g/mol. The van der Waals surface area contributed by atoms with Crippen molar-refractivity contribution in [3.8, 4) is 5.75 Å². The molecule has 5 heteroatoms. The molecular weight excluding hydrogens is 426 g/mol. The third-order valence-electron chi connectivity index (χ3n) is 6.24. The van der Waals surface area contributed by atoms with Crippen LogP contribution in [0, 0.1) is 6.92 Å². The number of Topliss-reactive ketones (excluding diaryl/α,β-unsaturated/α-hetero) is 1. The van der Waals surface area contributed by atoms with Gasteiger partial charge in [0, 0.05) is 11.3 Å². The minimum atomic E-state index is -0.746. The highest BCUT2D eigenvalue weighted by molar-refractivity contribution is 6.51. The monoisotopic (exact) mass is 455 g/mol. The molecule has 3 aromatic carbocycles. The van der Waals surface area contributed by atoms with Crippen molar-refractivity contribution < 1.29 is 19.4 Å². The number of hydrogen-bond donors (Lipinski definition) is 1. The first-order chi connectivity index (χ1) is 16.1. The minimum Gasteiger partial charge on any atom is -0.507 e. The van der Waals surface area contributed by atoms with E-state index in [-0.39, 0.29) is 16.7 Å². The zero-order chi connectivity index (χ0) is 24.6. The van der Waals surface area contributed by atoms with Crippen LogP contribution in [0.3, 0.4) is 0 Å². The van der Waals surface area contributed by atoms with Crippen molar-refractivity contribution >= 4 is 23.1 Å². The molecule has 1 aliphatic heterocycles. The lowest BCUT2D eigenvalue weighted by Crippen LogP contribution is -2.29. The molecule has 0 aromatic heterocycles. The molecule has 5 nitrogen and oxygen atoms in total. The number of aliphatic hydroxyl groups is 1. The number of methoxy groups -OCH3 is 1. The molecular formula is C29H29NO4. The van der Waals surface area contributed by atoms with Gasteiger partial charge in [0.25, 0.3) is 11.7 Å². The standard InChI is InChI=1S/C29H29NO4/c1-18-17-20(11-16-23(18)34-5)26(31)24-25(19-9-7-6-8-10-19)30(28(33)27(24)32)22-14-12-21(13-15-22)29(2,3)4/h6-17,25,31H,1-5H3/b26-24-. The summed E-state index contributed by atoms with van der Waals surface area (Å²) in [5.74, 6) is -0.897. The second-order valence-corrected chi connectivity index (χ2v) is 9.56. The first-order valence-electron chi connectivity index (χ1n) is 11.2. The first kappa shape index (κ1) is 23.3. The van der Waals surface area contributed by atoms with Crippen molar-refractivity contribution in [1.29, 1.82) is 0 Å². The lowest BCUT2D eigenvalue weighted by Gasteiger charge is -2.26. The summed E-state index contributed by atoms with van der Waals surface area (Å²) in [6, 6.07) is 21.4. The van der Waals surface area contributed by atoms with E-state index < -0.39 is 17.7 Å². The number of nitrogens with zero attached hydrogens (tertiary/aromatic N) is 1. The number of aryl methyl sites for hydroxylation is 1. The van der Waals surface area contributed by atoms with Gasteiger partial charge >= 0.3 is 0 Å². The summed E-state index contributed by atoms with van der Waals surface area (Å²) in [4.78, 5) is 28.1. The predicted octanol–water partition coefficient (Wildman–Crippen LogP) is 5.93. The molecule has 1 fully saturated rings. The Kier molecular flexibility index (Phi) is 6.05. The number of hydrogen-bond acceptors (Lipinski definition) is 4. The Morgan fingerprint density at radius 2 is 1.59 bits per heavy atom. The summed E-state index contributed by atoms with van der Waals surface area (Å²) in [6.45, 7) is 8.22. The van der Waals surface area contributed by atoms with Gasteiger partial charge in [0.1, 0.15) is 11.5 Å². The smallest absolute Gasteiger partial charge is 0.300 e. The van der Waals surface area contributed by atoms with Gasteiger partial charge < -0.3 is 9.84 Å². The molecule has 1 atom stereocenters. The Morgan fingerprint density at radius 1 is 0.941 bits per heavy atom. The number of aliphatic hydroxyl groups excluding tert-OH is 1. The third-order valence-corrected chi connectivity index (χ3v) is 6.24. The number of carbonyl (C=O) groups is 2. The van der Waals surface area contributed by atoms with E-state index in [0.29, 0.717) is 17.0 Å². The van der Waals surface area contributed by atoms with Gasteiger partial charge in [0.05, 0.1) is 18.7 Å². The van der Waals surface area contributed by atoms with Crippen LogP contribution in [0.5, 0.6) is 5.75 Å². The first-order valence-corrected chi connectivity index (χ1v) is 11.2. The zero-order valence-electron chi connectivity index (χ0n) is 20.1. The van der Waals surface area contributed by atoms with Crippen molar-refractivity contribution in [2.75, 3.05) is 12.0 Å². The van der Waals surface area contributed by atoms with Crippen LogP contribution in [0.4, 0.5) is 5.69 Å². The second-order valence-electron chi connectivity index (χ2n) is 9.56. The molecule has 1 saturated heterocycles. The topological polar surface area (TPSA) is 66.8 Å². The van der Waals surface area contributed by atoms with Crippen molar-refractivity contribution in [3.05, 3.63) is 101 Å². The van der Waals surface area contributed by atoms with Gasteiger partial charge in [-0.05, 0) is 59.4 Å². The van der Waals surface area contributed by atoms with Gasteiger partial charge in [0.2, 0.25) is 0 Å². The van der Waals surface area contributed by atoms with E-state index in [9.17, 15) is 14.7 Å². The second kappa shape index (κ2) is 8.82. The average Bonchev–Trinajstić information content (AvgIpc) is 3.09. The van der Waals surface area contributed by atoms with Crippen LogP contribution in [0.2, 0.25) is 0 Å². The van der Waals surface area contributed by atoms with Crippen molar-refractivity contribution in [3.63, 3.8) is 0 Å². The molecule has 174 valence electrons. The van der Waals surface area contributed by atoms with E-state index in [0.717, 1.165) is 16.7 Å². The van der Waals surface area contributed by atoms with Crippen LogP contribution < -0.4 is 9.64 Å². The van der Waals surface area contributed by atoms with Crippen LogP contribution in [-0.2, 0) is 15.0 Å². The van der Waals surface area contributed by atoms with E-state index >= 15 is 0 Å². The summed E-state index contributed by atoms with van der Waals surface area (Å²) in [5, 5.41) is 11.3. The van der Waals surface area contributed by atoms with Gasteiger partial charge in [0.15, 0.2) is 0 Å². The fourth-order valence-corrected chi connectivity index (χ4v) is 4.35. The van der Waals surface area contributed by atoms with Crippen LogP contribution in [0.1, 0.15) is 49.1 Å². The predicted molar refractivity (Wildman–Crippen MR) is 134 cm³/mol. The molecule has 1 amide bonds. The Morgan fingerprint density at radius 3 is 2.15 bits per heavy atom. The van der Waals surface area contributed by atoms with Crippen LogP contribution in [-0.4, -0.2) is 23.9 Å². The maximum absolute atomic E-state index is 13.3. The summed E-state index contributed by atoms with van der Waals surface area (Å²) in [5.41, 5.74) is 3.77. The molecule has 0 aliphatic carbocycles. The molecule has 3 aromatic rings. The number of benzene rings is 3. The number of anilines is 1. The lowest BCUT2D eigenvalue weighted by atomic mass is 9.87. The Labute approximate surface area is 200 Å². The molecule has 1 aliphatic rings. The van der Waals surface area contributed by atoms with E-state index in [1.165, 1.54) is 4.90 Å². The molecule has 1 heterocycles. The summed E-state index contributed by atoms with van der Waals surface area (Å²) < 4.78 is 5.32. The number of ether oxygens (including phenoxy) is 1. The number of rotatable bonds is 4. The van der Waals surface area contributed by atoms with Crippen molar-refractivity contribution in [1.82, 2.24) is 0 Å². The van der Waals surface area contributed by atoms with Gasteiger partial charge in [-0.15, -0.1) is 0 Å². The van der Waals surface area contributed by atoms with Crippen molar-refractivity contribution in [2.24, 2.45) is 0 Å². The van der Waals surface area contributed by atoms with E-state index in [4.69, 9.17) is 4.74 Å². The van der Waals surface area contributed by atoms with Crippen molar-refractivity contribution in [2.45, 2.75) is 39.2 Å². The van der Waals surface area contributed by atoms with Gasteiger partial charge in [-0.25, -0.2) is 0 Å². The van der Waals surface area contributed by atoms with Gasteiger partial charge in [-0.2, -0.15) is 0 Å². The maximum atomic E-state index is 13.3. The quantitative estimate of drug-likeness (QED) is 0.301. The summed E-state index contributed by atoms with van der Waals surface area (Å²) in [7, 11) is 1.58. The SMILES string of the molecule is COc1ccc(/C(O)=C2/C(=O)C(=O)N(c3ccc(C(C)(C)C)cc3)C2c2ccccc2)cc1C. The van der Waals surface area contributed by atoms with Crippen LogP contribution in [0.25, 0.3) is 5.76 Å². The van der Waals surface area contributed by atoms with Gasteiger partial charge in [-0.3, -0.25) is 14.5 Å². The summed E-state index contributed by atoms with van der Waals surface area (Å²) in [6.07, 6.45) is 0. The highest BCUT2D eigenvalue weighted by Gasteiger charge is 2.47. The molecule has 1 N–H and O–H groups in total. The minimum absolute atomic E-state index is 0.0439. The number of ketones is 1. The fourth-order valence-electron chi connectivity index (χ4n) is 4.35. The van der Waals surface area contributed by atoms with E-state index in [1.54, 1.807) is 25.3 Å². The van der Waals surface area contributed by atoms with Crippen LogP contribution in [0.15, 0.2) is 78.4 Å². The largest absolute Gasteiger partial charge is 0.507 e. The Bertz CT molecular complexity index is 1270. The molecule has 0 saturated carbocycles. The molecule has 1 unspecified atom stereocenters. The highest BCUT2D eigenvalue weighted by Crippen LogP contribution is 2.42. The molecule has 0 spiro atoms. The Balaban J connectivity index is 1.89. The molecule has 4 rings (SSSR count). The fraction of sp³-hybridized carbons (Fsp3) is 0.241. The number of carbonyl (C=O) groups excluding carboxylic acids is 2. The maximum Gasteiger partial charge on any atom is 0.300 e.